The number of ether oxygens (including phenoxy) is 1. The summed E-state index contributed by atoms with van der Waals surface area (Å²) in [5, 5.41) is 15.0. The summed E-state index contributed by atoms with van der Waals surface area (Å²) in [5.74, 6) is -0.855. The molecule has 1 aromatic heterocycles. The summed E-state index contributed by atoms with van der Waals surface area (Å²) in [6.45, 7) is 0.240. The van der Waals surface area contributed by atoms with Crippen LogP contribution in [0.2, 0.25) is 0 Å². The lowest BCUT2D eigenvalue weighted by Crippen LogP contribution is -2.12. The van der Waals surface area contributed by atoms with E-state index in [1.807, 2.05) is 0 Å². The number of methoxy groups -OCH3 is 1. The van der Waals surface area contributed by atoms with E-state index in [4.69, 9.17) is 14.4 Å². The van der Waals surface area contributed by atoms with Crippen molar-refractivity contribution in [1.82, 2.24) is 5.16 Å². The van der Waals surface area contributed by atoms with Crippen molar-refractivity contribution >= 4 is 17.6 Å². The maximum absolute atomic E-state index is 11.9. The van der Waals surface area contributed by atoms with Gasteiger partial charge in [-0.05, 0) is 17.7 Å². The number of benzene rings is 1. The van der Waals surface area contributed by atoms with E-state index >= 15 is 0 Å². The zero-order valence-corrected chi connectivity index (χ0v) is 11.3. The highest BCUT2D eigenvalue weighted by Crippen LogP contribution is 2.12. The van der Waals surface area contributed by atoms with Crippen molar-refractivity contribution < 1.29 is 24.0 Å². The molecule has 21 heavy (non-hydrogen) atoms. The van der Waals surface area contributed by atoms with Crippen LogP contribution in [-0.2, 0) is 22.6 Å². The lowest BCUT2D eigenvalue weighted by molar-refractivity contribution is -0.136. The van der Waals surface area contributed by atoms with Crippen LogP contribution in [0.25, 0.3) is 0 Å². The Balaban J connectivity index is 1.99. The van der Waals surface area contributed by atoms with Crippen molar-refractivity contribution in [2.45, 2.75) is 13.0 Å². The van der Waals surface area contributed by atoms with Crippen molar-refractivity contribution in [3.8, 4) is 0 Å². The second-order valence-corrected chi connectivity index (χ2v) is 4.33. The van der Waals surface area contributed by atoms with E-state index in [0.717, 1.165) is 0 Å². The lowest BCUT2D eigenvalue weighted by atomic mass is 10.1. The van der Waals surface area contributed by atoms with E-state index in [0.29, 0.717) is 17.0 Å². The Morgan fingerprint density at radius 2 is 2.05 bits per heavy atom. The van der Waals surface area contributed by atoms with Crippen LogP contribution in [0.5, 0.6) is 0 Å². The number of hydrogen-bond donors (Lipinski definition) is 2. The molecule has 0 atom stereocenters. The van der Waals surface area contributed by atoms with Crippen LogP contribution in [0.3, 0.4) is 0 Å². The Labute approximate surface area is 120 Å². The molecule has 2 rings (SSSR count). The number of aliphatic carboxylic acids is 1. The van der Waals surface area contributed by atoms with Crippen LogP contribution in [0.15, 0.2) is 34.9 Å². The number of carboxylic acids is 1. The Bertz CT molecular complexity index is 633. The van der Waals surface area contributed by atoms with Gasteiger partial charge in [0.15, 0.2) is 11.5 Å². The highest BCUT2D eigenvalue weighted by atomic mass is 16.5. The summed E-state index contributed by atoms with van der Waals surface area (Å²) in [7, 11) is 1.51. The molecular weight excluding hydrogens is 276 g/mol. The molecule has 2 aromatic rings. The van der Waals surface area contributed by atoms with Gasteiger partial charge >= 0.3 is 5.97 Å². The van der Waals surface area contributed by atoms with Crippen molar-refractivity contribution in [2.24, 2.45) is 0 Å². The molecule has 0 radical (unpaired) electrons. The molecule has 0 bridgehead atoms. The first-order chi connectivity index (χ1) is 10.1. The van der Waals surface area contributed by atoms with E-state index in [1.165, 1.54) is 13.2 Å². The van der Waals surface area contributed by atoms with Gasteiger partial charge in [0.05, 0.1) is 6.42 Å². The standard InChI is InChI=1S/C14H14N2O5/c1-20-8-11-7-12(16-21-11)14(19)15-10-4-2-9(3-5-10)6-13(17)18/h2-5,7H,6,8H2,1H3,(H,15,19)(H,17,18). The monoisotopic (exact) mass is 290 g/mol. The van der Waals surface area contributed by atoms with Gasteiger partial charge in [0.1, 0.15) is 6.61 Å². The summed E-state index contributed by atoms with van der Waals surface area (Å²) in [5.41, 5.74) is 1.35. The van der Waals surface area contributed by atoms with Gasteiger partial charge in [0, 0.05) is 18.9 Å². The number of rotatable bonds is 6. The van der Waals surface area contributed by atoms with Crippen molar-refractivity contribution in [1.29, 1.82) is 0 Å². The Kier molecular flexibility index (Phi) is 4.68. The summed E-state index contributed by atoms with van der Waals surface area (Å²) >= 11 is 0. The molecule has 7 nitrogen and oxygen atoms in total. The fraction of sp³-hybridized carbons (Fsp3) is 0.214. The molecular formula is C14H14N2O5. The van der Waals surface area contributed by atoms with Gasteiger partial charge in [-0.15, -0.1) is 0 Å². The maximum Gasteiger partial charge on any atom is 0.307 e. The van der Waals surface area contributed by atoms with Gasteiger partial charge in [-0.3, -0.25) is 9.59 Å². The third-order valence-corrected chi connectivity index (χ3v) is 2.65. The number of carboxylic acid groups (broad SMARTS) is 1. The number of carbonyl (C=O) groups is 2. The quantitative estimate of drug-likeness (QED) is 0.839. The molecule has 0 fully saturated rings. The molecule has 0 unspecified atom stereocenters. The third-order valence-electron chi connectivity index (χ3n) is 2.65. The lowest BCUT2D eigenvalue weighted by Gasteiger charge is -2.03. The first-order valence-electron chi connectivity index (χ1n) is 6.15. The van der Waals surface area contributed by atoms with Crippen LogP contribution >= 0.6 is 0 Å². The number of carbonyl (C=O) groups excluding carboxylic acids is 1. The molecule has 0 aliphatic carbocycles. The fourth-order valence-corrected chi connectivity index (χ4v) is 1.71. The van der Waals surface area contributed by atoms with Gasteiger partial charge in [-0.2, -0.15) is 0 Å². The topological polar surface area (TPSA) is 102 Å². The molecule has 0 saturated heterocycles. The number of hydrogen-bond acceptors (Lipinski definition) is 5. The highest BCUT2D eigenvalue weighted by molar-refractivity contribution is 6.02. The highest BCUT2D eigenvalue weighted by Gasteiger charge is 2.12. The molecule has 2 N–H and O–H groups in total. The molecule has 1 aromatic carbocycles. The number of nitrogens with one attached hydrogen (secondary N) is 1. The zero-order chi connectivity index (χ0) is 15.2. The van der Waals surface area contributed by atoms with Gasteiger partial charge in [-0.25, -0.2) is 0 Å². The van der Waals surface area contributed by atoms with Crippen LogP contribution in [0.4, 0.5) is 5.69 Å². The molecule has 7 heteroatoms. The second kappa shape index (κ2) is 6.67. The average Bonchev–Trinajstić information content (AvgIpc) is 2.89. The average molecular weight is 290 g/mol. The largest absolute Gasteiger partial charge is 0.481 e. The minimum absolute atomic E-state index is 0.0576. The van der Waals surface area contributed by atoms with Gasteiger partial charge < -0.3 is 19.7 Å². The third kappa shape index (κ3) is 4.15. The molecule has 1 amide bonds. The predicted octanol–water partition coefficient (Wildman–Crippen LogP) is 1.70. The molecule has 1 heterocycles. The van der Waals surface area contributed by atoms with E-state index in [9.17, 15) is 9.59 Å². The van der Waals surface area contributed by atoms with Crippen LogP contribution in [0.1, 0.15) is 21.8 Å². The maximum atomic E-state index is 11.9. The van der Waals surface area contributed by atoms with Crippen molar-refractivity contribution in [3.63, 3.8) is 0 Å². The van der Waals surface area contributed by atoms with Crippen LogP contribution < -0.4 is 5.32 Å². The molecule has 0 spiro atoms. The Morgan fingerprint density at radius 3 is 2.67 bits per heavy atom. The number of aromatic nitrogens is 1. The second-order valence-electron chi connectivity index (χ2n) is 4.33. The zero-order valence-electron chi connectivity index (χ0n) is 11.3. The fourth-order valence-electron chi connectivity index (χ4n) is 1.71. The normalized spacial score (nSPS) is 10.3. The first kappa shape index (κ1) is 14.7. The van der Waals surface area contributed by atoms with E-state index in [2.05, 4.69) is 10.5 Å². The summed E-state index contributed by atoms with van der Waals surface area (Å²) in [6, 6.07) is 8.04. The van der Waals surface area contributed by atoms with Gasteiger partial charge in [0.25, 0.3) is 5.91 Å². The summed E-state index contributed by atoms with van der Waals surface area (Å²) in [6.07, 6.45) is -0.0576. The smallest absolute Gasteiger partial charge is 0.307 e. The minimum atomic E-state index is -0.903. The van der Waals surface area contributed by atoms with E-state index in [1.54, 1.807) is 24.3 Å². The number of amides is 1. The SMILES string of the molecule is COCc1cc(C(=O)Nc2ccc(CC(=O)O)cc2)no1. The van der Waals surface area contributed by atoms with E-state index < -0.39 is 11.9 Å². The van der Waals surface area contributed by atoms with Crippen molar-refractivity contribution in [2.75, 3.05) is 12.4 Å². The molecule has 0 saturated carbocycles. The first-order valence-corrected chi connectivity index (χ1v) is 6.15. The molecule has 0 aliphatic rings. The van der Waals surface area contributed by atoms with Gasteiger partial charge in [-0.1, -0.05) is 17.3 Å². The van der Waals surface area contributed by atoms with Gasteiger partial charge in [0.2, 0.25) is 0 Å². The Morgan fingerprint density at radius 1 is 1.33 bits per heavy atom. The summed E-state index contributed by atoms with van der Waals surface area (Å²) in [4.78, 5) is 22.5. The van der Waals surface area contributed by atoms with Crippen LogP contribution in [-0.4, -0.2) is 29.2 Å². The number of nitrogens with zero attached hydrogens (tertiary/aromatic N) is 1. The van der Waals surface area contributed by atoms with Crippen LogP contribution in [0, 0.1) is 0 Å². The minimum Gasteiger partial charge on any atom is -0.481 e. The van der Waals surface area contributed by atoms with Crippen molar-refractivity contribution in [3.05, 3.63) is 47.3 Å². The summed E-state index contributed by atoms with van der Waals surface area (Å²) < 4.78 is 9.80. The predicted molar refractivity (Wildman–Crippen MR) is 73.0 cm³/mol. The van der Waals surface area contributed by atoms with E-state index in [-0.39, 0.29) is 18.7 Å². The number of anilines is 1. The Hall–Kier alpha value is -2.67. The molecule has 110 valence electrons. The molecule has 0 aliphatic heterocycles.